The van der Waals surface area contributed by atoms with E-state index in [-0.39, 0.29) is 22.4 Å². The van der Waals surface area contributed by atoms with Crippen LogP contribution in [0.1, 0.15) is 10.4 Å². The number of methoxy groups -OCH3 is 1. The Morgan fingerprint density at radius 3 is 2.48 bits per heavy atom. The van der Waals surface area contributed by atoms with Crippen LogP contribution in [0.15, 0.2) is 78.1 Å². The Morgan fingerprint density at radius 2 is 1.86 bits per heavy atom. The summed E-state index contributed by atoms with van der Waals surface area (Å²) in [6.45, 7) is 0. The number of carbonyl (C=O) groups is 1. The summed E-state index contributed by atoms with van der Waals surface area (Å²) in [7, 11) is -2.38. The normalized spacial score (nSPS) is 11.2. The molecule has 9 nitrogen and oxygen atoms in total. The SMILES string of the molecule is COc1ccc(NS(=O)(=O)c2ccc(NC=CC(=O)c3cccnc3)cc2)nn1. The number of sulfonamides is 1. The molecule has 2 heterocycles. The van der Waals surface area contributed by atoms with Gasteiger partial charge in [0.2, 0.25) is 5.88 Å². The maximum atomic E-state index is 12.4. The monoisotopic (exact) mass is 411 g/mol. The molecule has 0 aliphatic carbocycles. The maximum Gasteiger partial charge on any atom is 0.263 e. The van der Waals surface area contributed by atoms with Gasteiger partial charge in [0, 0.05) is 42.0 Å². The molecule has 29 heavy (non-hydrogen) atoms. The first kappa shape index (κ1) is 20.0. The number of nitrogens with one attached hydrogen (secondary N) is 2. The minimum Gasteiger partial charge on any atom is -0.480 e. The molecular weight excluding hydrogens is 394 g/mol. The molecule has 2 aromatic heterocycles. The molecule has 0 spiro atoms. The number of anilines is 2. The highest BCUT2D eigenvalue weighted by molar-refractivity contribution is 7.92. The number of carbonyl (C=O) groups excluding carboxylic acids is 1. The molecule has 0 amide bonds. The summed E-state index contributed by atoms with van der Waals surface area (Å²) in [4.78, 5) is 15.9. The third kappa shape index (κ3) is 5.36. The second kappa shape index (κ2) is 8.93. The zero-order chi connectivity index (χ0) is 20.7. The fraction of sp³-hybridized carbons (Fsp3) is 0.0526. The van der Waals surface area contributed by atoms with Gasteiger partial charge in [-0.05, 0) is 42.5 Å². The van der Waals surface area contributed by atoms with E-state index in [9.17, 15) is 13.2 Å². The van der Waals surface area contributed by atoms with E-state index < -0.39 is 10.0 Å². The predicted octanol–water partition coefficient (Wildman–Crippen LogP) is 2.49. The van der Waals surface area contributed by atoms with Gasteiger partial charge in [0.15, 0.2) is 11.6 Å². The lowest BCUT2D eigenvalue weighted by Crippen LogP contribution is -2.14. The molecule has 0 saturated heterocycles. The number of rotatable bonds is 8. The van der Waals surface area contributed by atoms with E-state index >= 15 is 0 Å². The van der Waals surface area contributed by atoms with Gasteiger partial charge in [-0.15, -0.1) is 10.2 Å². The van der Waals surface area contributed by atoms with E-state index in [1.165, 1.54) is 49.8 Å². The predicted molar refractivity (Wildman–Crippen MR) is 107 cm³/mol. The molecule has 0 atom stereocenters. The van der Waals surface area contributed by atoms with Crippen molar-refractivity contribution in [3.05, 3.63) is 78.8 Å². The first-order chi connectivity index (χ1) is 14.0. The summed E-state index contributed by atoms with van der Waals surface area (Å²) in [6, 6.07) is 12.3. The Labute approximate surface area is 167 Å². The largest absolute Gasteiger partial charge is 0.480 e. The summed E-state index contributed by atoms with van der Waals surface area (Å²) < 4.78 is 32.1. The number of nitrogens with zero attached hydrogens (tertiary/aromatic N) is 3. The summed E-state index contributed by atoms with van der Waals surface area (Å²) in [5.74, 6) is 0.151. The number of aromatic nitrogens is 3. The van der Waals surface area contributed by atoms with Crippen molar-refractivity contribution in [1.82, 2.24) is 15.2 Å². The van der Waals surface area contributed by atoms with Crippen molar-refractivity contribution in [2.24, 2.45) is 0 Å². The van der Waals surface area contributed by atoms with Crippen molar-refractivity contribution >= 4 is 27.3 Å². The molecule has 3 aromatic rings. The zero-order valence-electron chi connectivity index (χ0n) is 15.3. The molecule has 10 heteroatoms. The number of pyridine rings is 1. The standard InChI is InChI=1S/C19H17N5O4S/c1-28-19-9-8-18(22-23-19)24-29(26,27)16-6-4-15(5-7-16)21-12-10-17(25)14-3-2-11-20-13-14/h2-13,21H,1H3,(H,22,24). The van der Waals surface area contributed by atoms with Crippen LogP contribution in [0.2, 0.25) is 0 Å². The molecule has 0 aliphatic rings. The van der Waals surface area contributed by atoms with E-state index in [1.807, 2.05) is 0 Å². The molecule has 3 rings (SSSR count). The molecule has 2 N–H and O–H groups in total. The van der Waals surface area contributed by atoms with E-state index in [2.05, 4.69) is 25.2 Å². The molecule has 0 saturated carbocycles. The quantitative estimate of drug-likeness (QED) is 0.428. The van der Waals surface area contributed by atoms with Gasteiger partial charge in [0.1, 0.15) is 0 Å². The van der Waals surface area contributed by atoms with Crippen molar-refractivity contribution < 1.29 is 17.9 Å². The first-order valence-electron chi connectivity index (χ1n) is 8.36. The van der Waals surface area contributed by atoms with Crippen LogP contribution < -0.4 is 14.8 Å². The molecule has 0 fully saturated rings. The van der Waals surface area contributed by atoms with Crippen LogP contribution in [0.3, 0.4) is 0 Å². The fourth-order valence-electron chi connectivity index (χ4n) is 2.23. The van der Waals surface area contributed by atoms with Crippen LogP contribution in [0.4, 0.5) is 11.5 Å². The number of hydrogen-bond donors (Lipinski definition) is 2. The highest BCUT2D eigenvalue weighted by atomic mass is 32.2. The van der Waals surface area contributed by atoms with Gasteiger partial charge in [-0.2, -0.15) is 0 Å². The van der Waals surface area contributed by atoms with Gasteiger partial charge in [0.25, 0.3) is 10.0 Å². The summed E-state index contributed by atoms with van der Waals surface area (Å²) >= 11 is 0. The van der Waals surface area contributed by atoms with Gasteiger partial charge < -0.3 is 10.1 Å². The zero-order valence-corrected chi connectivity index (χ0v) is 16.1. The molecule has 0 bridgehead atoms. The average Bonchev–Trinajstić information content (AvgIpc) is 2.75. The number of hydrogen-bond acceptors (Lipinski definition) is 8. The van der Waals surface area contributed by atoms with Gasteiger partial charge in [-0.1, -0.05) is 0 Å². The molecular formula is C19H17N5O4S. The van der Waals surface area contributed by atoms with Crippen LogP contribution in [0, 0.1) is 0 Å². The third-order valence-corrected chi connectivity index (χ3v) is 5.05. The van der Waals surface area contributed by atoms with Crippen LogP contribution >= 0.6 is 0 Å². The molecule has 0 unspecified atom stereocenters. The third-order valence-electron chi connectivity index (χ3n) is 3.68. The average molecular weight is 411 g/mol. The van der Waals surface area contributed by atoms with E-state index in [1.54, 1.807) is 30.5 Å². The Hall–Kier alpha value is -3.79. The van der Waals surface area contributed by atoms with Crippen LogP contribution in [-0.4, -0.2) is 36.5 Å². The summed E-state index contributed by atoms with van der Waals surface area (Å²) in [5.41, 5.74) is 1.09. The van der Waals surface area contributed by atoms with Crippen molar-refractivity contribution in [3.63, 3.8) is 0 Å². The van der Waals surface area contributed by atoms with E-state index in [0.29, 0.717) is 11.3 Å². The van der Waals surface area contributed by atoms with Gasteiger partial charge in [-0.25, -0.2) is 8.42 Å². The van der Waals surface area contributed by atoms with Crippen LogP contribution in [0.25, 0.3) is 0 Å². The van der Waals surface area contributed by atoms with Gasteiger partial charge in [-0.3, -0.25) is 14.5 Å². The highest BCUT2D eigenvalue weighted by Crippen LogP contribution is 2.17. The van der Waals surface area contributed by atoms with Crippen molar-refractivity contribution in [3.8, 4) is 5.88 Å². The molecule has 148 valence electrons. The lowest BCUT2D eigenvalue weighted by atomic mass is 10.2. The summed E-state index contributed by atoms with van der Waals surface area (Å²) in [6.07, 6.45) is 5.91. The van der Waals surface area contributed by atoms with E-state index in [4.69, 9.17) is 4.74 Å². The Kier molecular flexibility index (Phi) is 6.15. The second-order valence-electron chi connectivity index (χ2n) is 5.67. The first-order valence-corrected chi connectivity index (χ1v) is 9.84. The maximum absolute atomic E-state index is 12.4. The lowest BCUT2D eigenvalue weighted by Gasteiger charge is -2.08. The van der Waals surface area contributed by atoms with Crippen molar-refractivity contribution in [2.45, 2.75) is 4.90 Å². The van der Waals surface area contributed by atoms with Crippen LogP contribution in [-0.2, 0) is 10.0 Å². The molecule has 1 aromatic carbocycles. The van der Waals surface area contributed by atoms with Crippen LogP contribution in [0.5, 0.6) is 5.88 Å². The fourth-order valence-corrected chi connectivity index (χ4v) is 3.22. The number of ketones is 1. The Balaban J connectivity index is 1.62. The smallest absolute Gasteiger partial charge is 0.263 e. The highest BCUT2D eigenvalue weighted by Gasteiger charge is 2.15. The van der Waals surface area contributed by atoms with Crippen molar-refractivity contribution in [2.75, 3.05) is 17.1 Å². The lowest BCUT2D eigenvalue weighted by molar-refractivity contribution is 0.104. The second-order valence-corrected chi connectivity index (χ2v) is 7.36. The van der Waals surface area contributed by atoms with E-state index in [0.717, 1.165) is 0 Å². The summed E-state index contributed by atoms with van der Waals surface area (Å²) in [5, 5.41) is 10.4. The topological polar surface area (TPSA) is 123 Å². The number of ether oxygens (including phenoxy) is 1. The number of allylic oxidation sites excluding steroid dienone is 1. The molecule has 0 aliphatic heterocycles. The minimum atomic E-state index is -3.82. The molecule has 0 radical (unpaired) electrons. The minimum absolute atomic E-state index is 0.0519. The van der Waals surface area contributed by atoms with Gasteiger partial charge in [0.05, 0.1) is 12.0 Å². The Morgan fingerprint density at radius 1 is 1.07 bits per heavy atom. The number of benzene rings is 1. The van der Waals surface area contributed by atoms with Crippen molar-refractivity contribution in [1.29, 1.82) is 0 Å². The van der Waals surface area contributed by atoms with Gasteiger partial charge >= 0.3 is 0 Å². The Bertz CT molecular complexity index is 1100.